The molecular weight excluding hydrogens is 266 g/mol. The average Bonchev–Trinajstić information content (AvgIpc) is 3.08. The Morgan fingerprint density at radius 2 is 2.10 bits per heavy atom. The smallest absolute Gasteiger partial charge is 0.292 e. The Bertz CT molecular complexity index is 699. The van der Waals surface area contributed by atoms with Crippen LogP contribution >= 0.6 is 0 Å². The molecule has 6 nitrogen and oxygen atoms in total. The second kappa shape index (κ2) is 5.40. The first-order valence-electron chi connectivity index (χ1n) is 6.92. The van der Waals surface area contributed by atoms with E-state index in [1.165, 1.54) is 0 Å². The number of anilines is 1. The molecule has 1 amide bonds. The molecule has 21 heavy (non-hydrogen) atoms. The molecule has 1 aromatic heterocycles. The zero-order valence-corrected chi connectivity index (χ0v) is 11.8. The summed E-state index contributed by atoms with van der Waals surface area (Å²) >= 11 is 0. The molecule has 0 aliphatic heterocycles. The molecule has 0 fully saturated rings. The van der Waals surface area contributed by atoms with Crippen molar-refractivity contribution in [2.24, 2.45) is 5.10 Å². The number of aromatic nitrogens is 2. The summed E-state index contributed by atoms with van der Waals surface area (Å²) in [5, 5.41) is 11.1. The zero-order valence-electron chi connectivity index (χ0n) is 11.8. The van der Waals surface area contributed by atoms with Crippen molar-refractivity contribution in [2.75, 3.05) is 5.73 Å². The van der Waals surface area contributed by atoms with E-state index in [0.29, 0.717) is 11.4 Å². The molecule has 108 valence electrons. The van der Waals surface area contributed by atoms with Crippen molar-refractivity contribution in [1.29, 1.82) is 0 Å². The highest BCUT2D eigenvalue weighted by Crippen LogP contribution is 2.22. The first-order chi connectivity index (χ1) is 10.1. The van der Waals surface area contributed by atoms with E-state index >= 15 is 0 Å². The van der Waals surface area contributed by atoms with Crippen LogP contribution in [0.25, 0.3) is 0 Å². The van der Waals surface area contributed by atoms with Crippen LogP contribution in [0.1, 0.15) is 40.7 Å². The van der Waals surface area contributed by atoms with Gasteiger partial charge in [0.25, 0.3) is 5.91 Å². The van der Waals surface area contributed by atoms with E-state index in [1.54, 1.807) is 12.1 Å². The van der Waals surface area contributed by atoms with E-state index in [2.05, 4.69) is 20.7 Å². The predicted octanol–water partition coefficient (Wildman–Crippen LogP) is 1.63. The lowest BCUT2D eigenvalue weighted by Gasteiger charge is -2.03. The minimum absolute atomic E-state index is 0.274. The SMILES string of the molecule is C/C(=N/NC(=O)c1n[nH]c2c1CCC2)c1ccc(N)cc1. The number of nitrogen functional groups attached to an aromatic ring is 1. The summed E-state index contributed by atoms with van der Waals surface area (Å²) in [7, 11) is 0. The van der Waals surface area contributed by atoms with Crippen molar-refractivity contribution >= 4 is 17.3 Å². The van der Waals surface area contributed by atoms with Crippen LogP contribution in [0.2, 0.25) is 0 Å². The van der Waals surface area contributed by atoms with Gasteiger partial charge in [0.15, 0.2) is 5.69 Å². The van der Waals surface area contributed by atoms with Gasteiger partial charge >= 0.3 is 0 Å². The van der Waals surface area contributed by atoms with Crippen molar-refractivity contribution in [2.45, 2.75) is 26.2 Å². The second-order valence-corrected chi connectivity index (χ2v) is 5.14. The Morgan fingerprint density at radius 1 is 1.33 bits per heavy atom. The summed E-state index contributed by atoms with van der Waals surface area (Å²) in [6, 6.07) is 7.34. The number of hydrazone groups is 1. The van der Waals surface area contributed by atoms with Crippen molar-refractivity contribution in [3.05, 3.63) is 46.8 Å². The number of fused-ring (bicyclic) bond motifs is 1. The molecule has 1 aliphatic rings. The molecule has 0 saturated heterocycles. The van der Waals surface area contributed by atoms with Gasteiger partial charge in [-0.05, 0) is 43.9 Å². The Balaban J connectivity index is 1.72. The van der Waals surface area contributed by atoms with Crippen LogP contribution < -0.4 is 11.2 Å². The molecule has 0 atom stereocenters. The molecule has 1 heterocycles. The van der Waals surface area contributed by atoms with Crippen LogP contribution in [0.4, 0.5) is 5.69 Å². The number of benzene rings is 1. The highest BCUT2D eigenvalue weighted by atomic mass is 16.2. The maximum Gasteiger partial charge on any atom is 0.292 e. The summed E-state index contributed by atoms with van der Waals surface area (Å²) in [5.41, 5.74) is 13.1. The van der Waals surface area contributed by atoms with Gasteiger partial charge in [-0.1, -0.05) is 12.1 Å². The van der Waals surface area contributed by atoms with Crippen LogP contribution in [0, 0.1) is 0 Å². The maximum absolute atomic E-state index is 12.1. The zero-order chi connectivity index (χ0) is 14.8. The third-order valence-corrected chi connectivity index (χ3v) is 3.68. The quantitative estimate of drug-likeness (QED) is 0.454. The fraction of sp³-hybridized carbons (Fsp3) is 0.267. The fourth-order valence-corrected chi connectivity index (χ4v) is 2.48. The molecule has 4 N–H and O–H groups in total. The molecule has 2 aromatic rings. The lowest BCUT2D eigenvalue weighted by atomic mass is 10.1. The van der Waals surface area contributed by atoms with Gasteiger partial charge in [-0.3, -0.25) is 9.89 Å². The predicted molar refractivity (Wildman–Crippen MR) is 81.1 cm³/mol. The Labute approximate surface area is 122 Å². The number of carbonyl (C=O) groups excluding carboxylic acids is 1. The molecule has 1 aliphatic carbocycles. The highest BCUT2D eigenvalue weighted by Gasteiger charge is 2.22. The molecule has 0 bridgehead atoms. The summed E-state index contributed by atoms with van der Waals surface area (Å²) < 4.78 is 0. The summed E-state index contributed by atoms with van der Waals surface area (Å²) in [6.45, 7) is 1.83. The number of nitrogens with zero attached hydrogens (tertiary/aromatic N) is 2. The lowest BCUT2D eigenvalue weighted by Crippen LogP contribution is -2.21. The standard InChI is InChI=1S/C15H17N5O/c1-9(10-5-7-11(16)8-6-10)17-20-15(21)14-12-3-2-4-13(12)18-19-14/h5-8H,2-4,16H2,1H3,(H,18,19)(H,20,21)/b17-9-. The van der Waals surface area contributed by atoms with Crippen LogP contribution in [-0.4, -0.2) is 21.8 Å². The molecule has 0 radical (unpaired) electrons. The number of hydrogen-bond donors (Lipinski definition) is 3. The van der Waals surface area contributed by atoms with E-state index in [9.17, 15) is 4.79 Å². The average molecular weight is 283 g/mol. The van der Waals surface area contributed by atoms with E-state index < -0.39 is 0 Å². The maximum atomic E-state index is 12.1. The molecule has 6 heteroatoms. The van der Waals surface area contributed by atoms with Crippen molar-refractivity contribution in [1.82, 2.24) is 15.6 Å². The van der Waals surface area contributed by atoms with Crippen LogP contribution in [0.3, 0.4) is 0 Å². The van der Waals surface area contributed by atoms with Crippen molar-refractivity contribution in [3.8, 4) is 0 Å². The molecule has 1 aromatic carbocycles. The molecule has 0 spiro atoms. The third-order valence-electron chi connectivity index (χ3n) is 3.68. The number of aryl methyl sites for hydroxylation is 1. The van der Waals surface area contributed by atoms with Crippen LogP contribution in [0.5, 0.6) is 0 Å². The van der Waals surface area contributed by atoms with Crippen molar-refractivity contribution in [3.63, 3.8) is 0 Å². The minimum atomic E-state index is -0.274. The third kappa shape index (κ3) is 2.65. The summed E-state index contributed by atoms with van der Waals surface area (Å²) in [4.78, 5) is 12.1. The first-order valence-corrected chi connectivity index (χ1v) is 6.92. The van der Waals surface area contributed by atoms with E-state index in [0.717, 1.165) is 41.8 Å². The first kappa shape index (κ1) is 13.4. The topological polar surface area (TPSA) is 96.2 Å². The Morgan fingerprint density at radius 3 is 2.86 bits per heavy atom. The Kier molecular flexibility index (Phi) is 3.43. The van der Waals surface area contributed by atoms with Crippen LogP contribution in [0.15, 0.2) is 29.4 Å². The normalized spacial score (nSPS) is 14.0. The van der Waals surface area contributed by atoms with E-state index in [1.807, 2.05) is 19.1 Å². The molecule has 0 unspecified atom stereocenters. The number of nitrogens with two attached hydrogens (primary N) is 1. The fourth-order valence-electron chi connectivity index (χ4n) is 2.48. The van der Waals surface area contributed by atoms with Gasteiger partial charge in [-0.2, -0.15) is 10.2 Å². The van der Waals surface area contributed by atoms with Gasteiger partial charge < -0.3 is 5.73 Å². The number of rotatable bonds is 3. The van der Waals surface area contributed by atoms with Gasteiger partial charge in [-0.25, -0.2) is 5.43 Å². The summed E-state index contributed by atoms with van der Waals surface area (Å²) in [6.07, 6.45) is 2.93. The van der Waals surface area contributed by atoms with Gasteiger partial charge in [0, 0.05) is 16.9 Å². The van der Waals surface area contributed by atoms with Gasteiger partial charge in [0.05, 0.1) is 5.71 Å². The Hall–Kier alpha value is -2.63. The monoisotopic (exact) mass is 283 g/mol. The lowest BCUT2D eigenvalue weighted by molar-refractivity contribution is 0.0949. The molecular formula is C15H17N5O. The summed E-state index contributed by atoms with van der Waals surface area (Å²) in [5.74, 6) is -0.274. The highest BCUT2D eigenvalue weighted by molar-refractivity contribution is 6.01. The molecule has 3 rings (SSSR count). The van der Waals surface area contributed by atoms with E-state index in [4.69, 9.17) is 5.73 Å². The van der Waals surface area contributed by atoms with E-state index in [-0.39, 0.29) is 5.91 Å². The van der Waals surface area contributed by atoms with Gasteiger partial charge in [0.2, 0.25) is 0 Å². The number of aromatic amines is 1. The van der Waals surface area contributed by atoms with Gasteiger partial charge in [0.1, 0.15) is 0 Å². The second-order valence-electron chi connectivity index (χ2n) is 5.14. The number of hydrogen-bond acceptors (Lipinski definition) is 4. The number of carbonyl (C=O) groups is 1. The number of H-pyrrole nitrogens is 1. The molecule has 0 saturated carbocycles. The van der Waals surface area contributed by atoms with Crippen molar-refractivity contribution < 1.29 is 4.79 Å². The minimum Gasteiger partial charge on any atom is -0.399 e. The number of nitrogens with one attached hydrogen (secondary N) is 2. The van der Waals surface area contributed by atoms with Crippen LogP contribution in [-0.2, 0) is 12.8 Å². The van der Waals surface area contributed by atoms with Gasteiger partial charge in [-0.15, -0.1) is 0 Å². The number of amides is 1. The largest absolute Gasteiger partial charge is 0.399 e.